The maximum absolute atomic E-state index is 11.9. The van der Waals surface area contributed by atoms with Gasteiger partial charge in [0.05, 0.1) is 30.5 Å². The molecule has 5 nitrogen and oxygen atoms in total. The Balaban J connectivity index is 1.64. The summed E-state index contributed by atoms with van der Waals surface area (Å²) in [6, 6.07) is 0. The first-order valence-electron chi connectivity index (χ1n) is 6.65. The summed E-state index contributed by atoms with van der Waals surface area (Å²) in [5.74, 6) is 0.145. The first-order chi connectivity index (χ1) is 8.75. The molecule has 2 heterocycles. The van der Waals surface area contributed by atoms with Crippen molar-refractivity contribution in [1.82, 2.24) is 15.1 Å². The summed E-state index contributed by atoms with van der Waals surface area (Å²) < 4.78 is 7.15. The molecule has 1 fully saturated rings. The predicted molar refractivity (Wildman–Crippen MR) is 66.0 cm³/mol. The quantitative estimate of drug-likeness (QED) is 0.851. The lowest BCUT2D eigenvalue weighted by Gasteiger charge is -2.10. The molecule has 0 aromatic carbocycles. The summed E-state index contributed by atoms with van der Waals surface area (Å²) in [6.45, 7) is 1.86. The van der Waals surface area contributed by atoms with E-state index in [0.717, 1.165) is 25.0 Å². The molecule has 5 heteroatoms. The number of fused-ring (bicyclic) bond motifs is 1. The predicted octanol–water partition coefficient (Wildman–Crippen LogP) is 0.561. The van der Waals surface area contributed by atoms with Crippen molar-refractivity contribution in [1.29, 1.82) is 0 Å². The Morgan fingerprint density at radius 3 is 3.22 bits per heavy atom. The van der Waals surface area contributed by atoms with Crippen LogP contribution in [-0.2, 0) is 36.0 Å². The lowest BCUT2D eigenvalue weighted by Crippen LogP contribution is -2.31. The Labute approximate surface area is 107 Å². The second-order valence-corrected chi connectivity index (χ2v) is 5.13. The van der Waals surface area contributed by atoms with Crippen LogP contribution in [0.1, 0.15) is 29.8 Å². The lowest BCUT2D eigenvalue weighted by molar-refractivity contribution is -0.125. The number of hydrogen-bond donors (Lipinski definition) is 1. The maximum Gasteiger partial charge on any atom is 0.225 e. The molecule has 98 valence electrons. The monoisotopic (exact) mass is 249 g/mol. The minimum atomic E-state index is 0.0336. The maximum atomic E-state index is 11.9. The number of amides is 1. The molecule has 0 saturated carbocycles. The molecule has 1 amide bonds. The number of rotatable bonds is 3. The van der Waals surface area contributed by atoms with Crippen LogP contribution in [0.2, 0.25) is 0 Å². The Morgan fingerprint density at radius 1 is 1.56 bits per heavy atom. The van der Waals surface area contributed by atoms with Crippen LogP contribution in [0, 0.1) is 5.92 Å². The zero-order valence-electron chi connectivity index (χ0n) is 10.7. The summed E-state index contributed by atoms with van der Waals surface area (Å²) in [5.41, 5.74) is 3.72. The number of hydrogen-bond acceptors (Lipinski definition) is 3. The first-order valence-corrected chi connectivity index (χ1v) is 6.65. The Hall–Kier alpha value is -1.36. The number of nitrogens with zero attached hydrogens (tertiary/aromatic N) is 2. The van der Waals surface area contributed by atoms with Gasteiger partial charge in [-0.2, -0.15) is 5.10 Å². The van der Waals surface area contributed by atoms with Crippen LogP contribution in [0.25, 0.3) is 0 Å². The largest absolute Gasteiger partial charge is 0.381 e. The Bertz CT molecular complexity index is 461. The summed E-state index contributed by atoms with van der Waals surface area (Å²) in [5, 5.41) is 7.53. The van der Waals surface area contributed by atoms with Crippen molar-refractivity contribution in [3.05, 3.63) is 17.0 Å². The van der Waals surface area contributed by atoms with Gasteiger partial charge < -0.3 is 10.1 Å². The van der Waals surface area contributed by atoms with Crippen molar-refractivity contribution < 1.29 is 9.53 Å². The third-order valence-electron chi connectivity index (χ3n) is 3.93. The molecule has 3 rings (SSSR count). The highest BCUT2D eigenvalue weighted by atomic mass is 16.5. The minimum absolute atomic E-state index is 0.0336. The van der Waals surface area contributed by atoms with E-state index >= 15 is 0 Å². The molecule has 1 aromatic heterocycles. The van der Waals surface area contributed by atoms with Crippen molar-refractivity contribution in [2.24, 2.45) is 13.0 Å². The fourth-order valence-corrected chi connectivity index (χ4v) is 2.86. The fraction of sp³-hybridized carbons (Fsp3) is 0.692. The van der Waals surface area contributed by atoms with Crippen LogP contribution in [0.5, 0.6) is 0 Å². The SMILES string of the molecule is Cn1nc2c(c1CNC(=O)[C@H]1CCOC1)CCC2. The molecule has 1 aliphatic carbocycles. The molecule has 0 radical (unpaired) electrons. The molecular weight excluding hydrogens is 230 g/mol. The third-order valence-corrected chi connectivity index (χ3v) is 3.93. The average molecular weight is 249 g/mol. The van der Waals surface area contributed by atoms with Gasteiger partial charge in [-0.15, -0.1) is 0 Å². The molecule has 1 aliphatic heterocycles. The van der Waals surface area contributed by atoms with E-state index in [4.69, 9.17) is 4.74 Å². The van der Waals surface area contributed by atoms with E-state index < -0.39 is 0 Å². The van der Waals surface area contributed by atoms with Gasteiger partial charge in [-0.3, -0.25) is 9.48 Å². The molecule has 1 aromatic rings. The third kappa shape index (κ3) is 2.03. The van der Waals surface area contributed by atoms with E-state index in [-0.39, 0.29) is 11.8 Å². The van der Waals surface area contributed by atoms with Gasteiger partial charge in [-0.1, -0.05) is 0 Å². The number of carbonyl (C=O) groups excluding carboxylic acids is 1. The molecule has 1 N–H and O–H groups in total. The van der Waals surface area contributed by atoms with Gasteiger partial charge in [0.2, 0.25) is 5.91 Å². The van der Waals surface area contributed by atoms with E-state index in [1.165, 1.54) is 17.7 Å². The molecule has 1 saturated heterocycles. The van der Waals surface area contributed by atoms with Crippen LogP contribution in [0.3, 0.4) is 0 Å². The Kier molecular flexibility index (Phi) is 3.07. The van der Waals surface area contributed by atoms with Gasteiger partial charge in [0, 0.05) is 13.7 Å². The van der Waals surface area contributed by atoms with E-state index in [0.29, 0.717) is 19.8 Å². The van der Waals surface area contributed by atoms with Crippen LogP contribution in [0.4, 0.5) is 0 Å². The van der Waals surface area contributed by atoms with Gasteiger partial charge in [0.15, 0.2) is 0 Å². The normalized spacial score (nSPS) is 22.2. The highest BCUT2D eigenvalue weighted by Gasteiger charge is 2.25. The number of aromatic nitrogens is 2. The number of nitrogens with one attached hydrogen (secondary N) is 1. The molecule has 2 aliphatic rings. The second kappa shape index (κ2) is 4.72. The van der Waals surface area contributed by atoms with Gasteiger partial charge in [-0.25, -0.2) is 0 Å². The highest BCUT2D eigenvalue weighted by molar-refractivity contribution is 5.78. The molecule has 18 heavy (non-hydrogen) atoms. The summed E-state index contributed by atoms with van der Waals surface area (Å²) in [6.07, 6.45) is 4.21. The van der Waals surface area contributed by atoms with Crippen molar-refractivity contribution in [3.63, 3.8) is 0 Å². The summed E-state index contributed by atoms with van der Waals surface area (Å²) in [4.78, 5) is 11.9. The number of carbonyl (C=O) groups is 1. The molecule has 0 spiro atoms. The van der Waals surface area contributed by atoms with Crippen LogP contribution in [0.15, 0.2) is 0 Å². The van der Waals surface area contributed by atoms with E-state index in [1.807, 2.05) is 11.7 Å². The summed E-state index contributed by atoms with van der Waals surface area (Å²) >= 11 is 0. The van der Waals surface area contributed by atoms with E-state index in [1.54, 1.807) is 0 Å². The van der Waals surface area contributed by atoms with Crippen LogP contribution in [-0.4, -0.2) is 28.9 Å². The lowest BCUT2D eigenvalue weighted by atomic mass is 10.1. The molecular formula is C13H19N3O2. The highest BCUT2D eigenvalue weighted by Crippen LogP contribution is 2.24. The van der Waals surface area contributed by atoms with Gasteiger partial charge in [0.1, 0.15) is 0 Å². The molecule has 0 bridgehead atoms. The van der Waals surface area contributed by atoms with Crippen LogP contribution >= 0.6 is 0 Å². The Morgan fingerprint density at radius 2 is 2.44 bits per heavy atom. The smallest absolute Gasteiger partial charge is 0.225 e. The van der Waals surface area contributed by atoms with Crippen LogP contribution < -0.4 is 5.32 Å². The summed E-state index contributed by atoms with van der Waals surface area (Å²) in [7, 11) is 1.96. The minimum Gasteiger partial charge on any atom is -0.381 e. The van der Waals surface area contributed by atoms with Crippen molar-refractivity contribution in [2.75, 3.05) is 13.2 Å². The van der Waals surface area contributed by atoms with Crippen molar-refractivity contribution in [2.45, 2.75) is 32.2 Å². The van der Waals surface area contributed by atoms with Gasteiger partial charge in [0.25, 0.3) is 0 Å². The molecule has 1 atom stereocenters. The topological polar surface area (TPSA) is 56.2 Å². The van der Waals surface area contributed by atoms with Crippen molar-refractivity contribution >= 4 is 5.91 Å². The van der Waals surface area contributed by atoms with E-state index in [2.05, 4.69) is 10.4 Å². The molecule has 0 unspecified atom stereocenters. The van der Waals surface area contributed by atoms with Gasteiger partial charge in [-0.05, 0) is 31.2 Å². The second-order valence-electron chi connectivity index (χ2n) is 5.13. The standard InChI is InChI=1S/C13H19N3O2/c1-16-12(10-3-2-4-11(10)15-16)7-14-13(17)9-5-6-18-8-9/h9H,2-8H2,1H3,(H,14,17)/t9-/m0/s1. The van der Waals surface area contributed by atoms with E-state index in [9.17, 15) is 4.79 Å². The van der Waals surface area contributed by atoms with Gasteiger partial charge >= 0.3 is 0 Å². The number of aryl methyl sites for hydroxylation is 2. The average Bonchev–Trinajstić information content (AvgIpc) is 3.02. The number of ether oxygens (including phenoxy) is 1. The zero-order valence-corrected chi connectivity index (χ0v) is 10.7. The van der Waals surface area contributed by atoms with Crippen molar-refractivity contribution in [3.8, 4) is 0 Å². The zero-order chi connectivity index (χ0) is 12.5. The first kappa shape index (κ1) is 11.7. The fourth-order valence-electron chi connectivity index (χ4n) is 2.86.